The van der Waals surface area contributed by atoms with E-state index >= 15 is 0 Å². The van der Waals surface area contributed by atoms with Gasteiger partial charge in [-0.2, -0.15) is 4.73 Å². The first-order valence-electron chi connectivity index (χ1n) is 9.78. The van der Waals surface area contributed by atoms with Gasteiger partial charge in [-0.3, -0.25) is 14.7 Å². The molecular weight excluding hydrogens is 340 g/mol. The minimum atomic E-state index is -0.0169. The van der Waals surface area contributed by atoms with Gasteiger partial charge in [0.05, 0.1) is 0 Å². The number of amides is 1. The van der Waals surface area contributed by atoms with Crippen LogP contribution in [-0.2, 0) is 6.54 Å². The smallest absolute Gasteiger partial charge is 0.259 e. The highest BCUT2D eigenvalue weighted by molar-refractivity contribution is 5.93. The fourth-order valence-corrected chi connectivity index (χ4v) is 4.45. The number of likely N-dealkylation sites (tertiary alicyclic amines) is 2. The third-order valence-electron chi connectivity index (χ3n) is 5.96. The summed E-state index contributed by atoms with van der Waals surface area (Å²) in [6.45, 7) is 4.81. The molecule has 2 aliphatic heterocycles. The van der Waals surface area contributed by atoms with Gasteiger partial charge in [-0.25, -0.2) is 0 Å². The average Bonchev–Trinajstić information content (AvgIpc) is 3.19. The van der Waals surface area contributed by atoms with E-state index in [1.807, 2.05) is 23.4 Å². The summed E-state index contributed by atoms with van der Waals surface area (Å²) in [7, 11) is 0. The first-order valence-corrected chi connectivity index (χ1v) is 9.78. The van der Waals surface area contributed by atoms with Gasteiger partial charge in [0, 0.05) is 38.1 Å². The second kappa shape index (κ2) is 8.05. The Bertz CT molecular complexity index is 775. The molecule has 27 heavy (non-hydrogen) atoms. The van der Waals surface area contributed by atoms with E-state index in [0.717, 1.165) is 39.1 Å². The second-order valence-corrected chi connectivity index (χ2v) is 7.73. The normalized spacial score (nSPS) is 21.5. The van der Waals surface area contributed by atoms with Crippen LogP contribution in [0.25, 0.3) is 0 Å². The lowest BCUT2D eigenvalue weighted by Gasteiger charge is -2.34. The maximum absolute atomic E-state index is 12.6. The molecule has 2 fully saturated rings. The minimum Gasteiger partial charge on any atom is -0.619 e. The molecule has 142 valence electrons. The van der Waals surface area contributed by atoms with Gasteiger partial charge < -0.3 is 10.1 Å². The van der Waals surface area contributed by atoms with Gasteiger partial charge in [-0.05, 0) is 61.9 Å². The molecule has 6 nitrogen and oxygen atoms in total. The van der Waals surface area contributed by atoms with Crippen molar-refractivity contribution in [2.45, 2.75) is 25.8 Å². The Hall–Kier alpha value is -2.47. The zero-order valence-electron chi connectivity index (χ0n) is 15.5. The molecule has 2 aromatic heterocycles. The van der Waals surface area contributed by atoms with Crippen LogP contribution in [0.3, 0.4) is 0 Å². The Morgan fingerprint density at radius 2 is 1.96 bits per heavy atom. The van der Waals surface area contributed by atoms with Crippen LogP contribution in [0.15, 0.2) is 49.1 Å². The third-order valence-corrected chi connectivity index (χ3v) is 5.96. The van der Waals surface area contributed by atoms with E-state index in [2.05, 4.69) is 16.0 Å². The molecule has 1 amide bonds. The van der Waals surface area contributed by atoms with E-state index in [9.17, 15) is 10.0 Å². The number of aromatic nitrogens is 2. The zero-order valence-corrected chi connectivity index (χ0v) is 15.5. The minimum absolute atomic E-state index is 0.0169. The van der Waals surface area contributed by atoms with Crippen molar-refractivity contribution in [2.75, 3.05) is 26.2 Å². The topological polar surface area (TPSA) is 63.4 Å². The molecule has 2 aliphatic rings. The Kier molecular flexibility index (Phi) is 5.34. The van der Waals surface area contributed by atoms with Gasteiger partial charge in [-0.1, -0.05) is 6.07 Å². The number of piperidine rings is 1. The largest absolute Gasteiger partial charge is 0.619 e. The van der Waals surface area contributed by atoms with Crippen molar-refractivity contribution in [2.24, 2.45) is 11.8 Å². The Morgan fingerprint density at radius 3 is 2.70 bits per heavy atom. The molecule has 1 atom stereocenters. The van der Waals surface area contributed by atoms with Gasteiger partial charge >= 0.3 is 0 Å². The van der Waals surface area contributed by atoms with Crippen molar-refractivity contribution in [3.63, 3.8) is 0 Å². The Balaban J connectivity index is 1.28. The molecular formula is C21H26N4O2. The molecule has 0 saturated carbocycles. The molecule has 0 radical (unpaired) electrons. The van der Waals surface area contributed by atoms with E-state index in [1.165, 1.54) is 30.8 Å². The van der Waals surface area contributed by atoms with Crippen molar-refractivity contribution in [3.05, 3.63) is 65.4 Å². The highest BCUT2D eigenvalue weighted by Crippen LogP contribution is 2.32. The Morgan fingerprint density at radius 1 is 1.15 bits per heavy atom. The van der Waals surface area contributed by atoms with E-state index in [0.29, 0.717) is 22.1 Å². The monoisotopic (exact) mass is 366 g/mol. The highest BCUT2D eigenvalue weighted by atomic mass is 16.5. The van der Waals surface area contributed by atoms with Crippen LogP contribution in [-0.4, -0.2) is 46.9 Å². The van der Waals surface area contributed by atoms with Crippen LogP contribution in [0.1, 0.15) is 35.2 Å². The van der Waals surface area contributed by atoms with E-state index in [-0.39, 0.29) is 5.91 Å². The quantitative estimate of drug-likeness (QED) is 0.614. The fraction of sp³-hybridized carbons (Fsp3) is 0.476. The van der Waals surface area contributed by atoms with Crippen LogP contribution in [0.5, 0.6) is 0 Å². The fourth-order valence-electron chi connectivity index (χ4n) is 4.45. The molecule has 0 N–H and O–H groups in total. The number of nitrogens with zero attached hydrogens (tertiary/aromatic N) is 4. The summed E-state index contributed by atoms with van der Waals surface area (Å²) in [6, 6.07) is 7.48. The van der Waals surface area contributed by atoms with Crippen LogP contribution < -0.4 is 4.73 Å². The van der Waals surface area contributed by atoms with E-state index < -0.39 is 0 Å². The van der Waals surface area contributed by atoms with Gasteiger partial charge in [-0.15, -0.1) is 0 Å². The number of carbonyl (C=O) groups is 1. The summed E-state index contributed by atoms with van der Waals surface area (Å²) in [5.41, 5.74) is 1.76. The summed E-state index contributed by atoms with van der Waals surface area (Å²) in [5.74, 6) is 1.25. The molecule has 0 aliphatic carbocycles. The lowest BCUT2D eigenvalue weighted by Crippen LogP contribution is -2.37. The average molecular weight is 366 g/mol. The molecule has 0 unspecified atom stereocenters. The first kappa shape index (κ1) is 17.9. The predicted octanol–water partition coefficient (Wildman–Crippen LogP) is 2.09. The molecule has 6 heteroatoms. The maximum atomic E-state index is 12.6. The number of pyridine rings is 2. The lowest BCUT2D eigenvalue weighted by atomic mass is 9.83. The van der Waals surface area contributed by atoms with Crippen molar-refractivity contribution >= 4 is 5.91 Å². The van der Waals surface area contributed by atoms with Crippen molar-refractivity contribution in [3.8, 4) is 0 Å². The number of hydrogen-bond donors (Lipinski definition) is 0. The van der Waals surface area contributed by atoms with Crippen LogP contribution in [0.2, 0.25) is 0 Å². The summed E-state index contributed by atoms with van der Waals surface area (Å²) in [4.78, 5) is 21.3. The third kappa shape index (κ3) is 4.27. The van der Waals surface area contributed by atoms with Crippen LogP contribution >= 0.6 is 0 Å². The molecule has 0 bridgehead atoms. The number of carbonyl (C=O) groups excluding carboxylic acids is 1. The van der Waals surface area contributed by atoms with E-state index in [1.54, 1.807) is 12.1 Å². The lowest BCUT2D eigenvalue weighted by molar-refractivity contribution is -0.605. The van der Waals surface area contributed by atoms with Crippen molar-refractivity contribution < 1.29 is 9.52 Å². The maximum Gasteiger partial charge on any atom is 0.259 e. The van der Waals surface area contributed by atoms with Crippen LogP contribution in [0, 0.1) is 17.0 Å². The van der Waals surface area contributed by atoms with Crippen molar-refractivity contribution in [1.82, 2.24) is 14.8 Å². The number of hydrogen-bond acceptors (Lipinski definition) is 4. The molecule has 0 spiro atoms. The summed E-state index contributed by atoms with van der Waals surface area (Å²) >= 11 is 0. The van der Waals surface area contributed by atoms with Gasteiger partial charge in [0.15, 0.2) is 12.4 Å². The molecule has 4 heterocycles. The summed E-state index contributed by atoms with van der Waals surface area (Å²) < 4.78 is 0.693. The highest BCUT2D eigenvalue weighted by Gasteiger charge is 2.34. The van der Waals surface area contributed by atoms with Crippen LogP contribution in [0.4, 0.5) is 0 Å². The Labute approximate surface area is 160 Å². The van der Waals surface area contributed by atoms with Gasteiger partial charge in [0.1, 0.15) is 5.56 Å². The second-order valence-electron chi connectivity index (χ2n) is 7.73. The van der Waals surface area contributed by atoms with Gasteiger partial charge in [0.2, 0.25) is 0 Å². The molecule has 2 saturated heterocycles. The standard InChI is InChI=1S/C21H26N4O2/c26-21(20-4-2-9-25(27)16-20)24-12-7-19(15-24)18-5-10-23(11-6-18)14-17-3-1-8-22-13-17/h1-4,8-9,13,16,18-19H,5-7,10-12,14-15H2/t19-/m0/s1. The summed E-state index contributed by atoms with van der Waals surface area (Å²) in [6.07, 6.45) is 9.99. The molecule has 0 aromatic carbocycles. The molecule has 2 aromatic rings. The van der Waals surface area contributed by atoms with Crippen molar-refractivity contribution in [1.29, 1.82) is 0 Å². The predicted molar refractivity (Wildman–Crippen MR) is 102 cm³/mol. The van der Waals surface area contributed by atoms with Gasteiger partial charge in [0.25, 0.3) is 5.91 Å². The zero-order chi connectivity index (χ0) is 18.6. The number of rotatable bonds is 4. The first-order chi connectivity index (χ1) is 13.2. The SMILES string of the molecule is O=C(c1ccc[n+]([O-])c1)N1CC[C@H](C2CCN(Cc3cccnc3)CC2)C1. The summed E-state index contributed by atoms with van der Waals surface area (Å²) in [5, 5.41) is 11.4. The molecule has 4 rings (SSSR count). The van der Waals surface area contributed by atoms with E-state index in [4.69, 9.17) is 0 Å².